The van der Waals surface area contributed by atoms with Crippen LogP contribution in [-0.4, -0.2) is 29.4 Å². The molecule has 1 atom stereocenters. The van der Waals surface area contributed by atoms with Crippen molar-refractivity contribution < 1.29 is 14.3 Å². The van der Waals surface area contributed by atoms with Crippen molar-refractivity contribution in [3.63, 3.8) is 0 Å². The van der Waals surface area contributed by atoms with Gasteiger partial charge in [-0.15, -0.1) is 0 Å². The zero-order valence-corrected chi connectivity index (χ0v) is 18.9. The van der Waals surface area contributed by atoms with Gasteiger partial charge in [-0.3, -0.25) is 4.79 Å². The van der Waals surface area contributed by atoms with E-state index in [1.165, 1.54) is 11.8 Å². The van der Waals surface area contributed by atoms with Gasteiger partial charge in [0.1, 0.15) is 28.7 Å². The number of ether oxygens (including phenoxy) is 2. The van der Waals surface area contributed by atoms with Gasteiger partial charge in [0.15, 0.2) is 0 Å². The first-order valence-electron chi connectivity index (χ1n) is 10.1. The quantitative estimate of drug-likeness (QED) is 0.675. The number of pyridine rings is 1. The summed E-state index contributed by atoms with van der Waals surface area (Å²) in [7, 11) is 0. The highest BCUT2D eigenvalue weighted by molar-refractivity contribution is 8.00. The van der Waals surface area contributed by atoms with Gasteiger partial charge in [-0.1, -0.05) is 11.8 Å². The predicted molar refractivity (Wildman–Crippen MR) is 117 cm³/mol. The Balaban J connectivity index is 1.66. The fraction of sp³-hybridized carbons (Fsp3) is 0.435. The van der Waals surface area contributed by atoms with Gasteiger partial charge >= 0.3 is 0 Å². The van der Waals surface area contributed by atoms with Crippen LogP contribution in [0.25, 0.3) is 0 Å². The molecule has 0 saturated heterocycles. The molecule has 0 unspecified atom stereocenters. The molecule has 6 nitrogen and oxygen atoms in total. The van der Waals surface area contributed by atoms with Gasteiger partial charge in [-0.2, -0.15) is 5.26 Å². The Hall–Kier alpha value is -2.72. The van der Waals surface area contributed by atoms with Crippen LogP contribution in [0.1, 0.15) is 47.4 Å². The standard InChI is InChI=1S/C23H27N3O3S/c1-6-28-20-8-17-7-13(2)29-21(17)9-18(20)11-25-22(27)12-30-23-19(10-24)15(4)14(3)16(5)26-23/h8-9,13H,6-7,11-12H2,1-5H3,(H,25,27)/t13-/m0/s1. The fourth-order valence-electron chi connectivity index (χ4n) is 3.44. The van der Waals surface area contributed by atoms with Crippen molar-refractivity contribution in [2.24, 2.45) is 0 Å². The van der Waals surface area contributed by atoms with E-state index in [4.69, 9.17) is 9.47 Å². The van der Waals surface area contributed by atoms with Crippen molar-refractivity contribution in [3.05, 3.63) is 45.6 Å². The Morgan fingerprint density at radius 2 is 2.13 bits per heavy atom. The number of hydrogen-bond donors (Lipinski definition) is 1. The average Bonchev–Trinajstić information content (AvgIpc) is 3.07. The second-order valence-corrected chi connectivity index (χ2v) is 8.40. The van der Waals surface area contributed by atoms with E-state index in [0.29, 0.717) is 23.7 Å². The fourth-order valence-corrected chi connectivity index (χ4v) is 4.35. The lowest BCUT2D eigenvalue weighted by molar-refractivity contribution is -0.118. The molecule has 1 N–H and O–H groups in total. The minimum Gasteiger partial charge on any atom is -0.494 e. The van der Waals surface area contributed by atoms with Gasteiger partial charge in [0, 0.05) is 29.8 Å². The smallest absolute Gasteiger partial charge is 0.230 e. The number of carbonyl (C=O) groups excluding carboxylic acids is 1. The summed E-state index contributed by atoms with van der Waals surface area (Å²) >= 11 is 1.29. The highest BCUT2D eigenvalue weighted by atomic mass is 32.2. The summed E-state index contributed by atoms with van der Waals surface area (Å²) in [5.41, 5.74) is 5.37. The van der Waals surface area contributed by atoms with E-state index in [9.17, 15) is 10.1 Å². The molecule has 158 valence electrons. The Labute approximate surface area is 182 Å². The molecular formula is C23H27N3O3S. The topological polar surface area (TPSA) is 84.2 Å². The third kappa shape index (κ3) is 4.71. The molecule has 0 saturated carbocycles. The number of carbonyl (C=O) groups is 1. The Bertz CT molecular complexity index is 1010. The van der Waals surface area contributed by atoms with E-state index in [1.54, 1.807) is 0 Å². The maximum absolute atomic E-state index is 12.5. The molecule has 1 amide bonds. The molecule has 3 rings (SSSR count). The molecule has 2 heterocycles. The summed E-state index contributed by atoms with van der Waals surface area (Å²) in [6, 6.07) is 6.19. The lowest BCUT2D eigenvalue weighted by Gasteiger charge is -2.14. The van der Waals surface area contributed by atoms with Crippen LogP contribution in [0.15, 0.2) is 17.2 Å². The lowest BCUT2D eigenvalue weighted by Crippen LogP contribution is -2.25. The number of hydrogen-bond acceptors (Lipinski definition) is 6. The summed E-state index contributed by atoms with van der Waals surface area (Å²) in [4.78, 5) is 17.0. The van der Waals surface area contributed by atoms with Gasteiger partial charge in [0.2, 0.25) is 5.91 Å². The number of fused-ring (bicyclic) bond motifs is 1. The largest absolute Gasteiger partial charge is 0.494 e. The minimum absolute atomic E-state index is 0.126. The number of aryl methyl sites for hydroxylation is 1. The number of nitrogens with one attached hydrogen (secondary N) is 1. The number of benzene rings is 1. The van der Waals surface area contributed by atoms with E-state index < -0.39 is 0 Å². The molecule has 1 aromatic heterocycles. The van der Waals surface area contributed by atoms with Crippen LogP contribution in [0.4, 0.5) is 0 Å². The van der Waals surface area contributed by atoms with Crippen molar-refractivity contribution in [1.82, 2.24) is 10.3 Å². The van der Waals surface area contributed by atoms with Gasteiger partial charge in [-0.25, -0.2) is 4.98 Å². The van der Waals surface area contributed by atoms with Crippen LogP contribution < -0.4 is 14.8 Å². The summed E-state index contributed by atoms with van der Waals surface area (Å²) in [6.07, 6.45) is 1.02. The molecule has 1 aliphatic rings. The van der Waals surface area contributed by atoms with E-state index in [0.717, 1.165) is 45.9 Å². The van der Waals surface area contributed by atoms with Gasteiger partial charge < -0.3 is 14.8 Å². The van der Waals surface area contributed by atoms with Crippen molar-refractivity contribution in [2.45, 2.75) is 58.7 Å². The second kappa shape index (κ2) is 9.40. The first-order valence-corrected chi connectivity index (χ1v) is 11.0. The molecular weight excluding hydrogens is 398 g/mol. The van der Waals surface area contributed by atoms with E-state index in [-0.39, 0.29) is 17.8 Å². The van der Waals surface area contributed by atoms with Crippen molar-refractivity contribution >= 4 is 17.7 Å². The summed E-state index contributed by atoms with van der Waals surface area (Å²) in [6.45, 7) is 10.7. The van der Waals surface area contributed by atoms with Crippen LogP contribution in [0.5, 0.6) is 11.5 Å². The maximum atomic E-state index is 12.5. The molecule has 0 radical (unpaired) electrons. The zero-order chi connectivity index (χ0) is 21.8. The zero-order valence-electron chi connectivity index (χ0n) is 18.1. The van der Waals surface area contributed by atoms with Gasteiger partial charge in [-0.05, 0) is 57.9 Å². The number of nitriles is 1. The Morgan fingerprint density at radius 3 is 2.83 bits per heavy atom. The first-order chi connectivity index (χ1) is 14.3. The monoisotopic (exact) mass is 425 g/mol. The molecule has 7 heteroatoms. The van der Waals surface area contributed by atoms with Crippen molar-refractivity contribution in [1.29, 1.82) is 5.26 Å². The molecule has 0 spiro atoms. The predicted octanol–water partition coefficient (Wildman–Crippen LogP) is 4.01. The van der Waals surface area contributed by atoms with Gasteiger partial charge in [0.25, 0.3) is 0 Å². The summed E-state index contributed by atoms with van der Waals surface area (Å²) < 4.78 is 11.6. The average molecular weight is 426 g/mol. The third-order valence-corrected chi connectivity index (χ3v) is 6.25. The maximum Gasteiger partial charge on any atom is 0.230 e. The third-order valence-electron chi connectivity index (χ3n) is 5.27. The van der Waals surface area contributed by atoms with Gasteiger partial charge in [0.05, 0.1) is 17.9 Å². The Morgan fingerprint density at radius 1 is 1.37 bits per heavy atom. The lowest BCUT2D eigenvalue weighted by atomic mass is 10.1. The normalized spacial score (nSPS) is 14.6. The van der Waals surface area contributed by atoms with E-state index in [2.05, 4.69) is 16.4 Å². The van der Waals surface area contributed by atoms with E-state index in [1.807, 2.05) is 46.8 Å². The number of thioether (sulfide) groups is 1. The van der Waals surface area contributed by atoms with Crippen molar-refractivity contribution in [3.8, 4) is 17.6 Å². The number of nitrogens with zero attached hydrogens (tertiary/aromatic N) is 2. The van der Waals surface area contributed by atoms with Crippen LogP contribution in [0.3, 0.4) is 0 Å². The summed E-state index contributed by atoms with van der Waals surface area (Å²) in [5.74, 6) is 1.70. The SMILES string of the molecule is CCOc1cc2c(cc1CNC(=O)CSc1nc(C)c(C)c(C)c1C#N)O[C@@H](C)C2. The molecule has 2 aromatic rings. The highest BCUT2D eigenvalue weighted by Crippen LogP contribution is 2.35. The molecule has 0 fully saturated rings. The second-order valence-electron chi connectivity index (χ2n) is 7.44. The minimum atomic E-state index is -0.126. The highest BCUT2D eigenvalue weighted by Gasteiger charge is 2.22. The van der Waals surface area contributed by atoms with Crippen LogP contribution in [-0.2, 0) is 17.8 Å². The first kappa shape index (κ1) is 22.0. The molecule has 1 aliphatic heterocycles. The number of rotatable bonds is 7. The molecule has 0 aliphatic carbocycles. The van der Waals surface area contributed by atoms with Crippen LogP contribution in [0.2, 0.25) is 0 Å². The summed E-state index contributed by atoms with van der Waals surface area (Å²) in [5, 5.41) is 13.0. The van der Waals surface area contributed by atoms with Crippen molar-refractivity contribution in [2.75, 3.05) is 12.4 Å². The Kier molecular flexibility index (Phi) is 6.88. The van der Waals surface area contributed by atoms with E-state index >= 15 is 0 Å². The molecule has 1 aromatic carbocycles. The number of aromatic nitrogens is 1. The number of amides is 1. The molecule has 30 heavy (non-hydrogen) atoms. The van der Waals surface area contributed by atoms with Crippen LogP contribution in [0, 0.1) is 32.1 Å². The van der Waals surface area contributed by atoms with Crippen LogP contribution >= 0.6 is 11.8 Å². The molecule has 0 bridgehead atoms.